The SMILES string of the molecule is OCc1cccc(CSc2ccccc2)c1. The van der Waals surface area contributed by atoms with Crippen molar-refractivity contribution in [2.24, 2.45) is 0 Å². The van der Waals surface area contributed by atoms with Crippen molar-refractivity contribution >= 4 is 11.8 Å². The van der Waals surface area contributed by atoms with Crippen LogP contribution in [0.25, 0.3) is 0 Å². The zero-order valence-electron chi connectivity index (χ0n) is 8.97. The van der Waals surface area contributed by atoms with Gasteiger partial charge in [0.15, 0.2) is 0 Å². The van der Waals surface area contributed by atoms with Crippen LogP contribution in [-0.4, -0.2) is 5.11 Å². The van der Waals surface area contributed by atoms with Gasteiger partial charge in [-0.2, -0.15) is 0 Å². The highest BCUT2D eigenvalue weighted by Gasteiger charge is 1.97. The van der Waals surface area contributed by atoms with Crippen LogP contribution in [0.3, 0.4) is 0 Å². The van der Waals surface area contributed by atoms with Crippen LogP contribution in [0, 0.1) is 0 Å². The van der Waals surface area contributed by atoms with Crippen molar-refractivity contribution in [2.75, 3.05) is 0 Å². The number of hydrogen-bond acceptors (Lipinski definition) is 2. The molecule has 2 heteroatoms. The third kappa shape index (κ3) is 3.12. The Morgan fingerprint density at radius 2 is 1.62 bits per heavy atom. The minimum absolute atomic E-state index is 0.115. The zero-order chi connectivity index (χ0) is 11.2. The molecule has 0 aliphatic carbocycles. The van der Waals surface area contributed by atoms with Crippen molar-refractivity contribution in [2.45, 2.75) is 17.3 Å². The molecule has 0 saturated carbocycles. The molecule has 0 radical (unpaired) electrons. The molecule has 0 aromatic heterocycles. The molecule has 0 spiro atoms. The Labute approximate surface area is 100 Å². The predicted octanol–water partition coefficient (Wildman–Crippen LogP) is 3.47. The van der Waals surface area contributed by atoms with E-state index in [1.54, 1.807) is 0 Å². The van der Waals surface area contributed by atoms with Gasteiger partial charge in [0.2, 0.25) is 0 Å². The molecule has 0 unspecified atom stereocenters. The molecule has 0 heterocycles. The molecule has 1 N–H and O–H groups in total. The van der Waals surface area contributed by atoms with E-state index < -0.39 is 0 Å². The normalized spacial score (nSPS) is 10.3. The minimum atomic E-state index is 0.115. The number of thioether (sulfide) groups is 1. The quantitative estimate of drug-likeness (QED) is 0.812. The molecular formula is C14H14OS. The van der Waals surface area contributed by atoms with E-state index in [0.717, 1.165) is 11.3 Å². The Bertz CT molecular complexity index is 439. The third-order valence-corrected chi connectivity index (χ3v) is 3.41. The Kier molecular flexibility index (Phi) is 4.03. The summed E-state index contributed by atoms with van der Waals surface area (Å²) in [6.45, 7) is 0.115. The smallest absolute Gasteiger partial charge is 0.0681 e. The first-order chi connectivity index (χ1) is 7.88. The Balaban J connectivity index is 1.99. The van der Waals surface area contributed by atoms with Crippen LogP contribution in [0.4, 0.5) is 0 Å². The molecule has 0 fully saturated rings. The van der Waals surface area contributed by atoms with Crippen LogP contribution in [0.5, 0.6) is 0 Å². The first-order valence-electron chi connectivity index (χ1n) is 5.25. The van der Waals surface area contributed by atoms with Gasteiger partial charge in [-0.25, -0.2) is 0 Å². The number of benzene rings is 2. The lowest BCUT2D eigenvalue weighted by Crippen LogP contribution is -1.86. The van der Waals surface area contributed by atoms with Crippen LogP contribution < -0.4 is 0 Å². The van der Waals surface area contributed by atoms with Gasteiger partial charge in [0.1, 0.15) is 0 Å². The van der Waals surface area contributed by atoms with Crippen molar-refractivity contribution < 1.29 is 5.11 Å². The van der Waals surface area contributed by atoms with Gasteiger partial charge in [-0.1, -0.05) is 42.5 Å². The molecule has 2 rings (SSSR count). The van der Waals surface area contributed by atoms with Crippen LogP contribution >= 0.6 is 11.8 Å². The van der Waals surface area contributed by atoms with Gasteiger partial charge >= 0.3 is 0 Å². The molecule has 2 aromatic carbocycles. The van der Waals surface area contributed by atoms with Gasteiger partial charge in [-0.3, -0.25) is 0 Å². The van der Waals surface area contributed by atoms with E-state index in [4.69, 9.17) is 5.11 Å². The van der Waals surface area contributed by atoms with Crippen LogP contribution in [-0.2, 0) is 12.4 Å². The topological polar surface area (TPSA) is 20.2 Å². The summed E-state index contributed by atoms with van der Waals surface area (Å²) in [7, 11) is 0. The summed E-state index contributed by atoms with van der Waals surface area (Å²) in [6, 6.07) is 18.4. The fourth-order valence-electron chi connectivity index (χ4n) is 1.50. The summed E-state index contributed by atoms with van der Waals surface area (Å²) in [5.74, 6) is 0.942. The number of aliphatic hydroxyl groups excluding tert-OH is 1. The summed E-state index contributed by atoms with van der Waals surface area (Å²) < 4.78 is 0. The first kappa shape index (κ1) is 11.2. The van der Waals surface area contributed by atoms with E-state index in [1.807, 2.05) is 42.1 Å². The molecule has 0 saturated heterocycles. The van der Waals surface area contributed by atoms with Crippen molar-refractivity contribution in [1.82, 2.24) is 0 Å². The fourth-order valence-corrected chi connectivity index (χ4v) is 2.36. The van der Waals surface area contributed by atoms with E-state index in [2.05, 4.69) is 24.3 Å². The molecule has 0 atom stereocenters. The van der Waals surface area contributed by atoms with Gasteiger partial charge in [0, 0.05) is 10.6 Å². The molecule has 0 amide bonds. The van der Waals surface area contributed by atoms with Crippen molar-refractivity contribution in [3.05, 3.63) is 65.7 Å². The molecule has 0 aliphatic heterocycles. The third-order valence-electron chi connectivity index (χ3n) is 2.32. The predicted molar refractivity (Wildman–Crippen MR) is 68.4 cm³/mol. The summed E-state index contributed by atoms with van der Waals surface area (Å²) in [4.78, 5) is 1.27. The second-order valence-electron chi connectivity index (χ2n) is 3.58. The molecular weight excluding hydrogens is 216 g/mol. The molecule has 1 nitrogen and oxygen atoms in total. The van der Waals surface area contributed by atoms with E-state index in [-0.39, 0.29) is 6.61 Å². The van der Waals surface area contributed by atoms with Crippen molar-refractivity contribution in [1.29, 1.82) is 0 Å². The van der Waals surface area contributed by atoms with Gasteiger partial charge in [-0.05, 0) is 23.3 Å². The summed E-state index contributed by atoms with van der Waals surface area (Å²) in [5.41, 5.74) is 2.23. The molecule has 16 heavy (non-hydrogen) atoms. The van der Waals surface area contributed by atoms with Crippen molar-refractivity contribution in [3.8, 4) is 0 Å². The number of aliphatic hydroxyl groups is 1. The Morgan fingerprint density at radius 1 is 0.875 bits per heavy atom. The summed E-state index contributed by atoms with van der Waals surface area (Å²) >= 11 is 1.81. The second kappa shape index (κ2) is 5.73. The van der Waals surface area contributed by atoms with E-state index in [0.29, 0.717) is 0 Å². The lowest BCUT2D eigenvalue weighted by Gasteiger charge is -2.03. The number of hydrogen-bond donors (Lipinski definition) is 1. The van der Waals surface area contributed by atoms with Crippen LogP contribution in [0.1, 0.15) is 11.1 Å². The molecule has 2 aromatic rings. The fraction of sp³-hybridized carbons (Fsp3) is 0.143. The summed E-state index contributed by atoms with van der Waals surface area (Å²) in [5, 5.41) is 9.04. The highest BCUT2D eigenvalue weighted by Crippen LogP contribution is 2.22. The Hall–Kier alpha value is -1.25. The van der Waals surface area contributed by atoms with E-state index in [1.165, 1.54) is 10.5 Å². The van der Waals surface area contributed by atoms with Gasteiger partial charge < -0.3 is 5.11 Å². The Morgan fingerprint density at radius 3 is 2.38 bits per heavy atom. The van der Waals surface area contributed by atoms with Crippen LogP contribution in [0.15, 0.2) is 59.5 Å². The van der Waals surface area contributed by atoms with Gasteiger partial charge in [0.05, 0.1) is 6.61 Å². The minimum Gasteiger partial charge on any atom is -0.392 e. The van der Waals surface area contributed by atoms with Crippen LogP contribution in [0.2, 0.25) is 0 Å². The average molecular weight is 230 g/mol. The number of rotatable bonds is 4. The molecule has 82 valence electrons. The summed E-state index contributed by atoms with van der Waals surface area (Å²) in [6.07, 6.45) is 0. The van der Waals surface area contributed by atoms with E-state index in [9.17, 15) is 0 Å². The largest absolute Gasteiger partial charge is 0.392 e. The van der Waals surface area contributed by atoms with Gasteiger partial charge in [-0.15, -0.1) is 11.8 Å². The van der Waals surface area contributed by atoms with Gasteiger partial charge in [0.25, 0.3) is 0 Å². The maximum absolute atomic E-state index is 9.04. The first-order valence-corrected chi connectivity index (χ1v) is 6.23. The van der Waals surface area contributed by atoms with E-state index >= 15 is 0 Å². The average Bonchev–Trinajstić information content (AvgIpc) is 2.38. The molecule has 0 bridgehead atoms. The second-order valence-corrected chi connectivity index (χ2v) is 4.63. The lowest BCUT2D eigenvalue weighted by molar-refractivity contribution is 0.282. The van der Waals surface area contributed by atoms with Crippen molar-refractivity contribution in [3.63, 3.8) is 0 Å². The zero-order valence-corrected chi connectivity index (χ0v) is 9.78. The maximum Gasteiger partial charge on any atom is 0.0681 e. The highest BCUT2D eigenvalue weighted by atomic mass is 32.2. The highest BCUT2D eigenvalue weighted by molar-refractivity contribution is 7.98. The molecule has 0 aliphatic rings. The lowest BCUT2D eigenvalue weighted by atomic mass is 10.1. The monoisotopic (exact) mass is 230 g/mol. The maximum atomic E-state index is 9.04. The standard InChI is InChI=1S/C14H14OS/c15-10-12-5-4-6-13(9-12)11-16-14-7-2-1-3-8-14/h1-9,15H,10-11H2.